The van der Waals surface area contributed by atoms with Gasteiger partial charge in [-0.3, -0.25) is 4.79 Å². The van der Waals surface area contributed by atoms with Crippen LogP contribution in [-0.2, 0) is 5.75 Å². The summed E-state index contributed by atoms with van der Waals surface area (Å²) >= 11 is 19.9. The molecule has 0 fully saturated rings. The summed E-state index contributed by atoms with van der Waals surface area (Å²) in [6.07, 6.45) is 1.80. The molecule has 5 heteroatoms. The number of carbonyl (C=O) groups is 1. The number of hydrogen-bond acceptors (Lipinski definition) is 2. The van der Waals surface area contributed by atoms with E-state index in [4.69, 9.17) is 34.8 Å². The van der Waals surface area contributed by atoms with Crippen LogP contribution >= 0.6 is 46.6 Å². The van der Waals surface area contributed by atoms with E-state index in [0.717, 1.165) is 5.56 Å². The minimum Gasteiger partial charge on any atom is -0.288 e. The van der Waals surface area contributed by atoms with Gasteiger partial charge in [-0.1, -0.05) is 76.8 Å². The molecule has 0 radical (unpaired) electrons. The lowest BCUT2D eigenvalue weighted by molar-refractivity contribution is 0.104. The first-order valence-corrected chi connectivity index (χ1v) is 10.7. The number of hydrogen-bond donors (Lipinski definition) is 0. The van der Waals surface area contributed by atoms with Crippen molar-refractivity contribution in [2.75, 3.05) is 0 Å². The predicted octanol–water partition coefficient (Wildman–Crippen LogP) is 8.11. The number of aryl methyl sites for hydroxylation is 1. The Hall–Kier alpha value is -1.71. The summed E-state index contributed by atoms with van der Waals surface area (Å²) < 4.78 is 0. The summed E-state index contributed by atoms with van der Waals surface area (Å²) in [6.45, 7) is 2.05. The van der Waals surface area contributed by atoms with E-state index in [1.807, 2.05) is 19.1 Å². The van der Waals surface area contributed by atoms with Gasteiger partial charge in [0.1, 0.15) is 0 Å². The number of allylic oxidation sites excluding steroid dienone is 1. The van der Waals surface area contributed by atoms with Crippen molar-refractivity contribution < 1.29 is 4.79 Å². The van der Waals surface area contributed by atoms with E-state index in [2.05, 4.69) is 24.3 Å². The number of rotatable bonds is 6. The maximum atomic E-state index is 13.1. The Morgan fingerprint density at radius 2 is 1.61 bits per heavy atom. The van der Waals surface area contributed by atoms with Gasteiger partial charge in [-0.25, -0.2) is 0 Å². The second-order valence-electron chi connectivity index (χ2n) is 6.26. The van der Waals surface area contributed by atoms with Gasteiger partial charge in [0.05, 0.1) is 15.0 Å². The standard InChI is InChI=1S/C23H17Cl3OS/c1-15-5-7-16(8-6-15)14-28-21(13-18-3-2-4-20(25)22(18)26)23(27)17-9-11-19(24)12-10-17/h2-13H,14H2,1H3/b21-13+. The fourth-order valence-electron chi connectivity index (χ4n) is 2.53. The molecule has 0 saturated carbocycles. The highest BCUT2D eigenvalue weighted by Gasteiger charge is 2.15. The van der Waals surface area contributed by atoms with Crippen LogP contribution in [0.4, 0.5) is 0 Å². The van der Waals surface area contributed by atoms with Crippen LogP contribution in [0.5, 0.6) is 0 Å². The van der Waals surface area contributed by atoms with Crippen molar-refractivity contribution >= 4 is 58.4 Å². The van der Waals surface area contributed by atoms with Gasteiger partial charge in [0.25, 0.3) is 0 Å². The molecule has 3 aromatic rings. The lowest BCUT2D eigenvalue weighted by Gasteiger charge is -2.09. The van der Waals surface area contributed by atoms with Gasteiger partial charge in [-0.15, -0.1) is 11.8 Å². The van der Waals surface area contributed by atoms with Crippen LogP contribution in [0.3, 0.4) is 0 Å². The number of Topliss-reactive ketones (excluding diaryl/α,β-unsaturated/α-hetero) is 1. The molecule has 0 atom stereocenters. The van der Waals surface area contributed by atoms with Gasteiger partial charge in [-0.2, -0.15) is 0 Å². The quantitative estimate of drug-likeness (QED) is 0.280. The van der Waals surface area contributed by atoms with Crippen LogP contribution in [0.1, 0.15) is 27.0 Å². The Kier molecular flexibility index (Phi) is 7.25. The summed E-state index contributed by atoms with van der Waals surface area (Å²) in [5, 5.41) is 1.48. The van der Waals surface area contributed by atoms with Crippen molar-refractivity contribution in [2.24, 2.45) is 0 Å². The molecule has 28 heavy (non-hydrogen) atoms. The first kappa shape index (κ1) is 21.0. The second-order valence-corrected chi connectivity index (χ2v) is 8.50. The van der Waals surface area contributed by atoms with E-state index in [-0.39, 0.29) is 5.78 Å². The zero-order valence-corrected chi connectivity index (χ0v) is 18.2. The SMILES string of the molecule is Cc1ccc(CS/C(=C/c2cccc(Cl)c2Cl)C(=O)c2ccc(Cl)cc2)cc1. The highest BCUT2D eigenvalue weighted by molar-refractivity contribution is 8.03. The molecular weight excluding hydrogens is 431 g/mol. The van der Waals surface area contributed by atoms with Crippen molar-refractivity contribution in [3.8, 4) is 0 Å². The highest BCUT2D eigenvalue weighted by Crippen LogP contribution is 2.32. The van der Waals surface area contributed by atoms with Crippen molar-refractivity contribution in [1.82, 2.24) is 0 Å². The molecule has 0 aliphatic heterocycles. The van der Waals surface area contributed by atoms with E-state index >= 15 is 0 Å². The molecule has 0 spiro atoms. The number of carbonyl (C=O) groups excluding carboxylic acids is 1. The third kappa shape index (κ3) is 5.42. The third-order valence-electron chi connectivity index (χ3n) is 4.11. The summed E-state index contributed by atoms with van der Waals surface area (Å²) in [5.74, 6) is 0.591. The van der Waals surface area contributed by atoms with E-state index < -0.39 is 0 Å². The molecule has 3 aromatic carbocycles. The molecule has 0 aliphatic carbocycles. The van der Waals surface area contributed by atoms with E-state index in [1.54, 1.807) is 36.4 Å². The second kappa shape index (κ2) is 9.67. The largest absolute Gasteiger partial charge is 0.288 e. The van der Waals surface area contributed by atoms with Gasteiger partial charge in [0.2, 0.25) is 0 Å². The molecule has 0 N–H and O–H groups in total. The summed E-state index contributed by atoms with van der Waals surface area (Å²) in [7, 11) is 0. The van der Waals surface area contributed by atoms with Gasteiger partial charge in [0, 0.05) is 16.3 Å². The van der Waals surface area contributed by atoms with Gasteiger partial charge < -0.3 is 0 Å². The normalized spacial score (nSPS) is 11.5. The lowest BCUT2D eigenvalue weighted by atomic mass is 10.1. The van der Waals surface area contributed by atoms with E-state index in [1.165, 1.54) is 17.3 Å². The molecule has 0 aliphatic rings. The molecule has 1 nitrogen and oxygen atoms in total. The fraction of sp³-hybridized carbons (Fsp3) is 0.0870. The maximum Gasteiger partial charge on any atom is 0.199 e. The predicted molar refractivity (Wildman–Crippen MR) is 123 cm³/mol. The highest BCUT2D eigenvalue weighted by atomic mass is 35.5. The van der Waals surface area contributed by atoms with Crippen LogP contribution in [0, 0.1) is 6.92 Å². The molecule has 0 amide bonds. The molecule has 142 valence electrons. The molecule has 0 saturated heterocycles. The fourth-order valence-corrected chi connectivity index (χ4v) is 4.00. The van der Waals surface area contributed by atoms with E-state index in [0.29, 0.717) is 36.9 Å². The zero-order valence-electron chi connectivity index (χ0n) is 15.1. The Morgan fingerprint density at radius 1 is 0.929 bits per heavy atom. The van der Waals surface area contributed by atoms with Crippen LogP contribution in [-0.4, -0.2) is 5.78 Å². The average molecular weight is 448 g/mol. The van der Waals surface area contributed by atoms with Gasteiger partial charge >= 0.3 is 0 Å². The third-order valence-corrected chi connectivity index (χ3v) is 6.29. The van der Waals surface area contributed by atoms with Crippen molar-refractivity contribution in [2.45, 2.75) is 12.7 Å². The Bertz CT molecular complexity index is 1010. The number of benzene rings is 3. The maximum absolute atomic E-state index is 13.1. The van der Waals surface area contributed by atoms with Crippen LogP contribution < -0.4 is 0 Å². The lowest BCUT2D eigenvalue weighted by Crippen LogP contribution is -2.01. The molecule has 3 rings (SSSR count). The zero-order chi connectivity index (χ0) is 20.1. The summed E-state index contributed by atoms with van der Waals surface area (Å²) in [6, 6.07) is 20.5. The Balaban J connectivity index is 1.93. The van der Waals surface area contributed by atoms with Crippen molar-refractivity contribution in [3.63, 3.8) is 0 Å². The topological polar surface area (TPSA) is 17.1 Å². The number of halogens is 3. The minimum absolute atomic E-state index is 0.0789. The van der Waals surface area contributed by atoms with Gasteiger partial charge in [-0.05, 0) is 54.5 Å². The smallest absolute Gasteiger partial charge is 0.199 e. The molecule has 0 unspecified atom stereocenters. The average Bonchev–Trinajstić information content (AvgIpc) is 2.69. The van der Waals surface area contributed by atoms with Crippen molar-refractivity contribution in [3.05, 3.63) is 109 Å². The first-order chi connectivity index (χ1) is 13.4. The van der Waals surface area contributed by atoms with E-state index in [9.17, 15) is 4.79 Å². The van der Waals surface area contributed by atoms with Gasteiger partial charge in [0.15, 0.2) is 5.78 Å². The summed E-state index contributed by atoms with van der Waals surface area (Å²) in [5.41, 5.74) is 3.63. The Morgan fingerprint density at radius 3 is 2.29 bits per heavy atom. The molecule has 0 heterocycles. The first-order valence-electron chi connectivity index (χ1n) is 8.58. The minimum atomic E-state index is -0.0789. The molecular formula is C23H17Cl3OS. The monoisotopic (exact) mass is 446 g/mol. The van der Waals surface area contributed by atoms with Crippen LogP contribution in [0.2, 0.25) is 15.1 Å². The number of thioether (sulfide) groups is 1. The molecule has 0 bridgehead atoms. The van der Waals surface area contributed by atoms with Crippen LogP contribution in [0.25, 0.3) is 6.08 Å². The molecule has 0 aromatic heterocycles. The van der Waals surface area contributed by atoms with Crippen molar-refractivity contribution in [1.29, 1.82) is 0 Å². The Labute approximate surface area is 184 Å². The number of ketones is 1. The van der Waals surface area contributed by atoms with Crippen LogP contribution in [0.15, 0.2) is 71.6 Å². The summed E-state index contributed by atoms with van der Waals surface area (Å²) in [4.78, 5) is 13.7.